The average Bonchev–Trinajstić information content (AvgIpc) is 3.62. The summed E-state index contributed by atoms with van der Waals surface area (Å²) < 4.78 is 0.687. The predicted molar refractivity (Wildman–Crippen MR) is 146 cm³/mol. The minimum absolute atomic E-state index is 0.0388. The van der Waals surface area contributed by atoms with Gasteiger partial charge in [-0.1, -0.05) is 60.3 Å². The van der Waals surface area contributed by atoms with Crippen LogP contribution in [-0.2, 0) is 24.3 Å². The number of benzene rings is 2. The van der Waals surface area contributed by atoms with E-state index in [0.717, 1.165) is 30.8 Å². The summed E-state index contributed by atoms with van der Waals surface area (Å²) in [6.45, 7) is 2.35. The van der Waals surface area contributed by atoms with Gasteiger partial charge >= 0.3 is 5.97 Å². The zero-order valence-electron chi connectivity index (χ0n) is 20.3. The molecular formula is C28H29N3O4S2. The molecule has 3 heterocycles. The predicted octanol–water partition coefficient (Wildman–Crippen LogP) is 4.60. The fourth-order valence-corrected chi connectivity index (χ4v) is 6.67. The molecule has 1 fully saturated rings. The molecule has 1 aromatic heterocycles. The summed E-state index contributed by atoms with van der Waals surface area (Å²) in [7, 11) is 0. The molecule has 0 spiro atoms. The average molecular weight is 536 g/mol. The van der Waals surface area contributed by atoms with Gasteiger partial charge in [0.05, 0.1) is 12.1 Å². The molecule has 2 aromatic carbocycles. The summed E-state index contributed by atoms with van der Waals surface area (Å²) in [4.78, 5) is 31.7. The molecule has 2 aliphatic rings. The molecule has 2 N–H and O–H groups in total. The first-order valence-corrected chi connectivity index (χ1v) is 14.2. The van der Waals surface area contributed by atoms with Gasteiger partial charge in [-0.05, 0) is 35.2 Å². The molecule has 37 heavy (non-hydrogen) atoms. The van der Waals surface area contributed by atoms with Crippen LogP contribution in [0.25, 0.3) is 0 Å². The number of amides is 1. The Morgan fingerprint density at radius 3 is 2.70 bits per heavy atom. The molecule has 5 rings (SSSR count). The fourth-order valence-electron chi connectivity index (χ4n) is 4.86. The number of hydrogen-bond acceptors (Lipinski definition) is 7. The van der Waals surface area contributed by atoms with E-state index in [-0.39, 0.29) is 17.6 Å². The number of thiazole rings is 1. The fraction of sp³-hybridized carbons (Fsp3) is 0.321. The Balaban J connectivity index is 1.14. The van der Waals surface area contributed by atoms with Gasteiger partial charge in [0.15, 0.2) is 10.0 Å². The van der Waals surface area contributed by atoms with E-state index in [1.807, 2.05) is 29.2 Å². The van der Waals surface area contributed by atoms with E-state index in [0.29, 0.717) is 29.5 Å². The zero-order chi connectivity index (χ0) is 25.8. The molecule has 2 aliphatic heterocycles. The van der Waals surface area contributed by atoms with Crippen LogP contribution in [0.3, 0.4) is 0 Å². The van der Waals surface area contributed by atoms with Gasteiger partial charge in [0.2, 0.25) is 5.91 Å². The third kappa shape index (κ3) is 6.23. The maximum absolute atomic E-state index is 12.4. The maximum atomic E-state index is 12.4. The van der Waals surface area contributed by atoms with Crippen molar-refractivity contribution < 1.29 is 19.8 Å². The van der Waals surface area contributed by atoms with E-state index in [4.69, 9.17) is 5.11 Å². The van der Waals surface area contributed by atoms with Gasteiger partial charge < -0.3 is 20.0 Å². The number of aromatic carboxylic acids is 1. The lowest BCUT2D eigenvalue weighted by Gasteiger charge is -2.22. The van der Waals surface area contributed by atoms with Crippen molar-refractivity contribution in [2.75, 3.05) is 17.2 Å². The van der Waals surface area contributed by atoms with E-state index in [1.54, 1.807) is 0 Å². The van der Waals surface area contributed by atoms with Crippen LogP contribution in [-0.4, -0.2) is 56.4 Å². The second kappa shape index (κ2) is 11.5. The Hall–Kier alpha value is -3.14. The molecule has 9 heteroatoms. The number of anilines is 1. The summed E-state index contributed by atoms with van der Waals surface area (Å²) in [5.74, 6) is -0.289. The first-order valence-electron chi connectivity index (χ1n) is 12.3. The van der Waals surface area contributed by atoms with Crippen LogP contribution in [0.5, 0.6) is 0 Å². The highest BCUT2D eigenvalue weighted by Crippen LogP contribution is 2.29. The minimum atomic E-state index is -1.03. The second-order valence-corrected chi connectivity index (χ2v) is 11.5. The summed E-state index contributed by atoms with van der Waals surface area (Å²) in [5.41, 5.74) is 5.01. The Morgan fingerprint density at radius 2 is 1.97 bits per heavy atom. The minimum Gasteiger partial charge on any atom is -0.476 e. The number of carbonyl (C=O) groups is 2. The van der Waals surface area contributed by atoms with E-state index >= 15 is 0 Å². The van der Waals surface area contributed by atoms with Crippen LogP contribution in [0.4, 0.5) is 5.69 Å². The topological polar surface area (TPSA) is 94.0 Å². The van der Waals surface area contributed by atoms with E-state index in [2.05, 4.69) is 46.3 Å². The molecular weight excluding hydrogens is 506 g/mol. The van der Waals surface area contributed by atoms with Gasteiger partial charge in [0, 0.05) is 49.3 Å². The third-order valence-corrected chi connectivity index (χ3v) is 8.75. The number of aromatic nitrogens is 1. The Morgan fingerprint density at radius 1 is 1.19 bits per heavy atom. The Kier molecular flexibility index (Phi) is 7.93. The van der Waals surface area contributed by atoms with E-state index in [1.165, 1.54) is 39.6 Å². The number of likely N-dealkylation sites (tertiary alicyclic amines) is 1. The number of thioether (sulfide) groups is 1. The number of carbonyl (C=O) groups excluding carboxylic acids is 1. The summed E-state index contributed by atoms with van der Waals surface area (Å²) in [6.07, 6.45) is 4.86. The highest BCUT2D eigenvalue weighted by Gasteiger charge is 2.29. The van der Waals surface area contributed by atoms with E-state index < -0.39 is 12.1 Å². The van der Waals surface area contributed by atoms with Gasteiger partial charge in [-0.2, -0.15) is 0 Å². The van der Waals surface area contributed by atoms with E-state index in [9.17, 15) is 14.7 Å². The number of aliphatic hydroxyl groups is 1. The highest BCUT2D eigenvalue weighted by atomic mass is 32.2. The third-order valence-electron chi connectivity index (χ3n) is 6.75. The number of carboxylic acid groups (broad SMARTS) is 1. The lowest BCUT2D eigenvalue weighted by atomic mass is 10.1. The Labute approximate surface area is 224 Å². The van der Waals surface area contributed by atoms with Crippen molar-refractivity contribution in [3.8, 4) is 0 Å². The number of fused-ring (bicyclic) bond motifs is 1. The molecule has 0 unspecified atom stereocenters. The highest BCUT2D eigenvalue weighted by molar-refractivity contribution is 8.01. The zero-order valence-corrected chi connectivity index (χ0v) is 22.0. The quantitative estimate of drug-likeness (QED) is 0.289. The molecule has 0 saturated carbocycles. The number of rotatable bonds is 10. The lowest BCUT2D eigenvalue weighted by molar-refractivity contribution is -0.128. The van der Waals surface area contributed by atoms with Crippen molar-refractivity contribution in [3.05, 3.63) is 88.4 Å². The van der Waals surface area contributed by atoms with Gasteiger partial charge in [0.1, 0.15) is 0 Å². The SMILES string of the molecule is O=C(O)c1csc(SCCN2C(=O)CC[C@@H]2/C=C/[C@@H](O)Cc2cccc(N3Cc4ccccc4C3)c2)n1. The first-order chi connectivity index (χ1) is 18.0. The summed E-state index contributed by atoms with van der Waals surface area (Å²) >= 11 is 2.76. The van der Waals surface area contributed by atoms with Crippen molar-refractivity contribution in [2.24, 2.45) is 0 Å². The van der Waals surface area contributed by atoms with Gasteiger partial charge in [0.25, 0.3) is 0 Å². The molecule has 1 amide bonds. The van der Waals surface area contributed by atoms with Crippen molar-refractivity contribution >= 4 is 40.7 Å². The summed E-state index contributed by atoms with van der Waals surface area (Å²) in [5, 5.41) is 21.3. The van der Waals surface area contributed by atoms with Crippen LogP contribution >= 0.6 is 23.1 Å². The smallest absolute Gasteiger partial charge is 0.355 e. The van der Waals surface area contributed by atoms with Gasteiger partial charge in [-0.15, -0.1) is 11.3 Å². The molecule has 7 nitrogen and oxygen atoms in total. The molecule has 3 aromatic rings. The van der Waals surface area contributed by atoms with Crippen molar-refractivity contribution in [1.29, 1.82) is 0 Å². The van der Waals surface area contributed by atoms with Crippen molar-refractivity contribution in [1.82, 2.24) is 9.88 Å². The molecule has 192 valence electrons. The molecule has 0 aliphatic carbocycles. The second-order valence-electron chi connectivity index (χ2n) is 9.30. The maximum Gasteiger partial charge on any atom is 0.355 e. The van der Waals surface area contributed by atoms with Crippen molar-refractivity contribution in [2.45, 2.75) is 48.8 Å². The largest absolute Gasteiger partial charge is 0.476 e. The normalized spacial score (nSPS) is 18.1. The van der Waals surface area contributed by atoms with Crippen LogP contribution in [0.1, 0.15) is 40.0 Å². The molecule has 0 bridgehead atoms. The number of carboxylic acids is 1. The number of nitrogens with zero attached hydrogens (tertiary/aromatic N) is 3. The molecule has 2 atom stereocenters. The van der Waals surface area contributed by atoms with Crippen LogP contribution in [0.15, 0.2) is 70.4 Å². The molecule has 0 radical (unpaired) electrons. The Bertz CT molecular complexity index is 1280. The van der Waals surface area contributed by atoms with Gasteiger partial charge in [-0.25, -0.2) is 9.78 Å². The van der Waals surface area contributed by atoms with Crippen LogP contribution in [0.2, 0.25) is 0 Å². The number of aliphatic hydroxyl groups excluding tert-OH is 1. The monoisotopic (exact) mass is 535 g/mol. The van der Waals surface area contributed by atoms with Crippen LogP contribution in [0, 0.1) is 0 Å². The number of hydrogen-bond donors (Lipinski definition) is 2. The summed E-state index contributed by atoms with van der Waals surface area (Å²) in [6, 6.07) is 16.8. The molecule has 1 saturated heterocycles. The van der Waals surface area contributed by atoms with Crippen LogP contribution < -0.4 is 4.90 Å². The first kappa shape index (κ1) is 25.5. The van der Waals surface area contributed by atoms with Crippen molar-refractivity contribution in [3.63, 3.8) is 0 Å². The standard InChI is InChI=1S/C28H29N3O4S2/c32-24(15-19-4-3-7-23(14-19)30-16-20-5-1-2-6-21(20)17-30)10-8-22-9-11-26(33)31(22)12-13-36-28-29-25(18-37-28)27(34)35/h1-8,10,14,18,22,24,32H,9,11-13,15-17H2,(H,34,35)/b10-8+/t22-,24+/m0/s1. The van der Waals surface area contributed by atoms with Gasteiger partial charge in [-0.3, -0.25) is 4.79 Å². The lowest BCUT2D eigenvalue weighted by Crippen LogP contribution is -2.33.